The third-order valence-electron chi connectivity index (χ3n) is 6.80. The molecule has 2 unspecified atom stereocenters. The summed E-state index contributed by atoms with van der Waals surface area (Å²) >= 11 is 1.12. The van der Waals surface area contributed by atoms with E-state index in [1.54, 1.807) is 17.0 Å². The van der Waals surface area contributed by atoms with Crippen molar-refractivity contribution < 1.29 is 14.7 Å². The number of primary amides is 1. The summed E-state index contributed by atoms with van der Waals surface area (Å²) in [6.45, 7) is 2.96. The van der Waals surface area contributed by atoms with Crippen molar-refractivity contribution in [2.45, 2.75) is 61.6 Å². The van der Waals surface area contributed by atoms with Crippen molar-refractivity contribution >= 4 is 29.4 Å². The monoisotopic (exact) mass is 504 g/mol. The highest BCUT2D eigenvalue weighted by Gasteiger charge is 2.37. The van der Waals surface area contributed by atoms with E-state index in [2.05, 4.69) is 12.1 Å². The number of hydrogen-bond acceptors (Lipinski definition) is 8. The Bertz CT molecular complexity index is 1230. The summed E-state index contributed by atoms with van der Waals surface area (Å²) in [4.78, 5) is 32.9. The number of aliphatic hydroxyl groups is 1. The van der Waals surface area contributed by atoms with Crippen LogP contribution in [0.4, 0.5) is 5.82 Å². The fourth-order valence-corrected chi connectivity index (χ4v) is 6.08. The van der Waals surface area contributed by atoms with E-state index in [-0.39, 0.29) is 17.5 Å². The van der Waals surface area contributed by atoms with Gasteiger partial charge in [0, 0.05) is 32.0 Å². The van der Waals surface area contributed by atoms with Crippen LogP contribution in [-0.4, -0.2) is 52.2 Å². The maximum absolute atomic E-state index is 12.4. The van der Waals surface area contributed by atoms with Crippen molar-refractivity contribution in [1.82, 2.24) is 9.88 Å². The van der Waals surface area contributed by atoms with Crippen LogP contribution in [0, 0.1) is 22.7 Å². The van der Waals surface area contributed by atoms with Crippen molar-refractivity contribution in [3.63, 3.8) is 0 Å². The lowest BCUT2D eigenvalue weighted by molar-refractivity contribution is -0.137. The summed E-state index contributed by atoms with van der Waals surface area (Å²) in [6, 6.07) is 13.5. The van der Waals surface area contributed by atoms with E-state index in [1.165, 1.54) is 0 Å². The molecule has 4 rings (SSSR count). The van der Waals surface area contributed by atoms with Crippen molar-refractivity contribution in [3.05, 3.63) is 52.6 Å². The quantitative estimate of drug-likeness (QED) is 0.547. The second-order valence-corrected chi connectivity index (χ2v) is 9.99. The lowest BCUT2D eigenvalue weighted by Gasteiger charge is -2.39. The number of carbonyl (C=O) groups is 2. The first kappa shape index (κ1) is 25.5. The number of carbonyl (C=O) groups excluding carboxylic acids is 2. The largest absolute Gasteiger partial charge is 0.374 e. The highest BCUT2D eigenvalue weighted by Crippen LogP contribution is 2.40. The fourth-order valence-electron chi connectivity index (χ4n) is 5.02. The van der Waals surface area contributed by atoms with Gasteiger partial charge in [-0.05, 0) is 30.4 Å². The number of anilines is 1. The van der Waals surface area contributed by atoms with Gasteiger partial charge >= 0.3 is 0 Å². The molecular weight excluding hydrogens is 476 g/mol. The minimum Gasteiger partial charge on any atom is -0.374 e. The zero-order valence-corrected chi connectivity index (χ0v) is 20.9. The fraction of sp³-hybridized carbons (Fsp3) is 0.423. The molecule has 2 aromatic rings. The number of benzene rings is 1. The highest BCUT2D eigenvalue weighted by atomic mass is 32.2. The van der Waals surface area contributed by atoms with Crippen LogP contribution in [0.5, 0.6) is 0 Å². The van der Waals surface area contributed by atoms with E-state index in [0.29, 0.717) is 72.7 Å². The van der Waals surface area contributed by atoms with Gasteiger partial charge in [-0.25, -0.2) is 4.98 Å². The Morgan fingerprint density at radius 1 is 1.19 bits per heavy atom. The van der Waals surface area contributed by atoms with Gasteiger partial charge in [0.1, 0.15) is 34.5 Å². The molecule has 36 heavy (non-hydrogen) atoms. The first-order valence-electron chi connectivity index (χ1n) is 12.0. The number of aromatic nitrogens is 1. The molecule has 9 nitrogen and oxygen atoms in total. The Balaban J connectivity index is 1.68. The molecule has 0 radical (unpaired) electrons. The van der Waals surface area contributed by atoms with Gasteiger partial charge in [-0.1, -0.05) is 49.0 Å². The highest BCUT2D eigenvalue weighted by molar-refractivity contribution is 8.00. The van der Waals surface area contributed by atoms with Crippen LogP contribution in [0.3, 0.4) is 0 Å². The molecule has 2 fully saturated rings. The summed E-state index contributed by atoms with van der Waals surface area (Å²) in [5, 5.41) is 29.8. The summed E-state index contributed by atoms with van der Waals surface area (Å²) in [5.74, 6) is -0.102. The van der Waals surface area contributed by atoms with Gasteiger partial charge in [0.05, 0.1) is 11.1 Å². The molecule has 1 aromatic heterocycles. The molecule has 0 aliphatic carbocycles. The Labute approximate surface area is 214 Å². The Morgan fingerprint density at radius 3 is 2.39 bits per heavy atom. The minimum atomic E-state index is -0.746. The van der Waals surface area contributed by atoms with Gasteiger partial charge in [-0.2, -0.15) is 10.5 Å². The number of likely N-dealkylation sites (tertiary alicyclic amines) is 1. The topological polar surface area (TPSA) is 147 Å². The normalized spacial score (nSPS) is 19.1. The molecule has 2 amide bonds. The molecule has 3 heterocycles. The first-order valence-corrected chi connectivity index (χ1v) is 12.9. The summed E-state index contributed by atoms with van der Waals surface area (Å²) in [6.07, 6.45) is 1.79. The second-order valence-electron chi connectivity index (χ2n) is 8.90. The predicted molar refractivity (Wildman–Crippen MR) is 135 cm³/mol. The maximum atomic E-state index is 12.4. The number of nitrogens with two attached hydrogens (primary N) is 1. The summed E-state index contributed by atoms with van der Waals surface area (Å²) in [5.41, 5.74) is 7.66. The predicted octanol–water partition coefficient (Wildman–Crippen LogP) is 2.62. The molecular formula is C26H28N6O3S. The number of pyridine rings is 1. The van der Waals surface area contributed by atoms with E-state index >= 15 is 0 Å². The summed E-state index contributed by atoms with van der Waals surface area (Å²) in [7, 11) is 0. The van der Waals surface area contributed by atoms with Gasteiger partial charge in [-0.15, -0.1) is 0 Å². The number of hydrogen-bond donors (Lipinski definition) is 2. The van der Waals surface area contributed by atoms with Crippen LogP contribution in [0.2, 0.25) is 0 Å². The third-order valence-corrected chi connectivity index (χ3v) is 8.06. The molecule has 186 valence electrons. The van der Waals surface area contributed by atoms with Crippen LogP contribution in [0.25, 0.3) is 0 Å². The SMILES string of the molecule is CCc1c(C#N)c(SC(C(N)=O)c2ccccc2)nc(N2CCC(N3C(=O)CCC3O)CC2)c1C#N. The smallest absolute Gasteiger partial charge is 0.235 e. The van der Waals surface area contributed by atoms with E-state index in [4.69, 9.17) is 10.7 Å². The molecule has 0 spiro atoms. The molecule has 10 heteroatoms. The van der Waals surface area contributed by atoms with Gasteiger partial charge in [0.15, 0.2) is 0 Å². The van der Waals surface area contributed by atoms with Crippen LogP contribution >= 0.6 is 11.8 Å². The number of thioether (sulfide) groups is 1. The number of aliphatic hydroxyl groups excluding tert-OH is 1. The average Bonchev–Trinajstić information content (AvgIpc) is 3.24. The second kappa shape index (κ2) is 11.0. The Morgan fingerprint density at radius 2 is 1.86 bits per heavy atom. The van der Waals surface area contributed by atoms with E-state index < -0.39 is 17.4 Å². The molecule has 2 aliphatic rings. The Kier molecular flexibility index (Phi) is 7.78. The van der Waals surface area contributed by atoms with E-state index in [0.717, 1.165) is 11.8 Å². The van der Waals surface area contributed by atoms with E-state index in [9.17, 15) is 25.2 Å². The van der Waals surface area contributed by atoms with Crippen LogP contribution in [0.1, 0.15) is 60.1 Å². The van der Waals surface area contributed by atoms with Crippen LogP contribution < -0.4 is 10.6 Å². The molecule has 2 saturated heterocycles. The number of nitrogens with zero attached hydrogens (tertiary/aromatic N) is 5. The van der Waals surface area contributed by atoms with Gasteiger partial charge in [-0.3, -0.25) is 9.59 Å². The zero-order valence-electron chi connectivity index (χ0n) is 20.1. The lowest BCUT2D eigenvalue weighted by atomic mass is 9.99. The Hall–Kier alpha value is -3.60. The average molecular weight is 505 g/mol. The minimum absolute atomic E-state index is 0.0273. The van der Waals surface area contributed by atoms with Crippen molar-refractivity contribution in [1.29, 1.82) is 10.5 Å². The number of amides is 2. The molecule has 0 bridgehead atoms. The van der Waals surface area contributed by atoms with Crippen molar-refractivity contribution in [3.8, 4) is 12.1 Å². The standard InChI is InChI=1S/C26H28N6O3S/c1-2-18-19(14-27)25(31-12-10-17(11-13-31)32-21(33)8-9-22(32)34)30-26(20(18)15-28)36-23(24(29)35)16-6-4-3-5-7-16/h3-7,17,21,23,33H,2,8-13H2,1H3,(H2,29,35). The van der Waals surface area contributed by atoms with Gasteiger partial charge in [0.25, 0.3) is 0 Å². The molecule has 2 atom stereocenters. The zero-order chi connectivity index (χ0) is 25.8. The summed E-state index contributed by atoms with van der Waals surface area (Å²) < 4.78 is 0. The first-order chi connectivity index (χ1) is 17.4. The van der Waals surface area contributed by atoms with Crippen LogP contribution in [0.15, 0.2) is 35.4 Å². The molecule has 3 N–H and O–H groups in total. The number of rotatable bonds is 7. The third kappa shape index (κ3) is 4.88. The molecule has 2 aliphatic heterocycles. The van der Waals surface area contributed by atoms with Crippen molar-refractivity contribution in [2.75, 3.05) is 18.0 Å². The maximum Gasteiger partial charge on any atom is 0.235 e. The number of piperidine rings is 1. The molecule has 0 saturated carbocycles. The van der Waals surface area contributed by atoms with Crippen LogP contribution in [-0.2, 0) is 16.0 Å². The molecule has 1 aromatic carbocycles. The van der Waals surface area contributed by atoms with Gasteiger partial charge < -0.3 is 20.6 Å². The lowest BCUT2D eigenvalue weighted by Crippen LogP contribution is -2.48. The van der Waals surface area contributed by atoms with Crippen molar-refractivity contribution in [2.24, 2.45) is 5.73 Å². The van der Waals surface area contributed by atoms with Gasteiger partial charge in [0.2, 0.25) is 11.8 Å². The number of nitriles is 2. The van der Waals surface area contributed by atoms with E-state index in [1.807, 2.05) is 30.0 Å².